The number of esters is 1. The highest BCUT2D eigenvalue weighted by Crippen LogP contribution is 2.15. The van der Waals surface area contributed by atoms with Gasteiger partial charge in [-0.15, -0.1) is 6.58 Å². The van der Waals surface area contributed by atoms with E-state index in [1.165, 1.54) is 18.3 Å². The number of nitrogens with one attached hydrogen (secondary N) is 1. The van der Waals surface area contributed by atoms with Crippen LogP contribution >= 0.6 is 0 Å². The van der Waals surface area contributed by atoms with Gasteiger partial charge < -0.3 is 15.2 Å². The number of carboxylic acids is 1. The van der Waals surface area contributed by atoms with Gasteiger partial charge in [-0.1, -0.05) is 6.08 Å². The Morgan fingerprint density at radius 1 is 1.63 bits per heavy atom. The van der Waals surface area contributed by atoms with E-state index >= 15 is 0 Å². The van der Waals surface area contributed by atoms with Crippen molar-refractivity contribution in [3.63, 3.8) is 0 Å². The van der Waals surface area contributed by atoms with Crippen molar-refractivity contribution < 1.29 is 19.4 Å². The Hall–Kier alpha value is -2.37. The van der Waals surface area contributed by atoms with Crippen molar-refractivity contribution in [1.29, 1.82) is 0 Å². The van der Waals surface area contributed by atoms with E-state index in [0.29, 0.717) is 0 Å². The van der Waals surface area contributed by atoms with Crippen LogP contribution in [0.25, 0.3) is 0 Å². The van der Waals surface area contributed by atoms with E-state index in [1.807, 2.05) is 0 Å². The summed E-state index contributed by atoms with van der Waals surface area (Å²) < 4.78 is 4.88. The smallest absolute Gasteiger partial charge is 0.341 e. The number of hydrogen-bond acceptors (Lipinski definition) is 5. The molecule has 0 aliphatic rings. The summed E-state index contributed by atoms with van der Waals surface area (Å²) in [6.45, 7) is 5.43. The van der Waals surface area contributed by atoms with E-state index < -0.39 is 18.0 Å². The van der Waals surface area contributed by atoms with Crippen molar-refractivity contribution >= 4 is 17.8 Å². The molecule has 1 rings (SSSR count). The summed E-state index contributed by atoms with van der Waals surface area (Å²) in [6.07, 6.45) is 3.17. The lowest BCUT2D eigenvalue weighted by molar-refractivity contribution is -0.137. The zero-order valence-corrected chi connectivity index (χ0v) is 10.6. The zero-order valence-electron chi connectivity index (χ0n) is 10.6. The molecule has 0 spiro atoms. The predicted octanol–water partition coefficient (Wildman–Crippen LogP) is 1.70. The Kier molecular flexibility index (Phi) is 5.53. The molecule has 1 aromatic rings. The van der Waals surface area contributed by atoms with Crippen LogP contribution in [0.5, 0.6) is 0 Å². The first kappa shape index (κ1) is 14.7. The summed E-state index contributed by atoms with van der Waals surface area (Å²) in [5, 5.41) is 11.7. The van der Waals surface area contributed by atoms with Crippen LogP contribution in [-0.4, -0.2) is 34.7 Å². The Morgan fingerprint density at radius 2 is 2.37 bits per heavy atom. The van der Waals surface area contributed by atoms with Crippen molar-refractivity contribution in [2.45, 2.75) is 19.4 Å². The average Bonchev–Trinajstić information content (AvgIpc) is 2.39. The number of nitrogens with zero attached hydrogens (tertiary/aromatic N) is 1. The number of ether oxygens (including phenoxy) is 1. The normalized spacial score (nSPS) is 11.4. The second-order valence-corrected chi connectivity index (χ2v) is 3.68. The second-order valence-electron chi connectivity index (χ2n) is 3.68. The highest BCUT2D eigenvalue weighted by atomic mass is 16.5. The van der Waals surface area contributed by atoms with Gasteiger partial charge in [-0.05, 0) is 25.5 Å². The van der Waals surface area contributed by atoms with Gasteiger partial charge in [0.15, 0.2) is 0 Å². The summed E-state index contributed by atoms with van der Waals surface area (Å²) in [5.41, 5.74) is 0.208. The first-order valence-corrected chi connectivity index (χ1v) is 5.82. The largest absolute Gasteiger partial charge is 0.480 e. The molecule has 0 aliphatic carbocycles. The van der Waals surface area contributed by atoms with Gasteiger partial charge in [0.1, 0.15) is 17.4 Å². The number of aromatic nitrogens is 1. The molecule has 102 valence electrons. The number of carbonyl (C=O) groups is 2. The van der Waals surface area contributed by atoms with Gasteiger partial charge in [-0.3, -0.25) is 0 Å². The van der Waals surface area contributed by atoms with Crippen LogP contribution in [0.15, 0.2) is 31.0 Å². The minimum atomic E-state index is -1.04. The Morgan fingerprint density at radius 3 is 2.95 bits per heavy atom. The quantitative estimate of drug-likeness (QED) is 0.575. The van der Waals surface area contributed by atoms with Crippen LogP contribution in [0.2, 0.25) is 0 Å². The minimum Gasteiger partial charge on any atom is -0.480 e. The second kappa shape index (κ2) is 7.15. The molecule has 0 aromatic carbocycles. The van der Waals surface area contributed by atoms with E-state index in [9.17, 15) is 9.59 Å². The minimum absolute atomic E-state index is 0.190. The molecule has 6 heteroatoms. The van der Waals surface area contributed by atoms with Gasteiger partial charge in [-0.2, -0.15) is 0 Å². The first-order valence-electron chi connectivity index (χ1n) is 5.82. The summed E-state index contributed by atoms with van der Waals surface area (Å²) >= 11 is 0. The van der Waals surface area contributed by atoms with Gasteiger partial charge in [0.2, 0.25) is 0 Å². The molecule has 0 aliphatic heterocycles. The van der Waals surface area contributed by atoms with Crippen molar-refractivity contribution in [3.8, 4) is 0 Å². The topological polar surface area (TPSA) is 88.5 Å². The molecule has 2 N–H and O–H groups in total. The number of pyridine rings is 1. The molecule has 0 bridgehead atoms. The fourth-order valence-corrected chi connectivity index (χ4v) is 1.45. The van der Waals surface area contributed by atoms with E-state index in [0.717, 1.165) is 0 Å². The molecule has 1 unspecified atom stereocenters. The van der Waals surface area contributed by atoms with Crippen LogP contribution in [0.1, 0.15) is 23.7 Å². The molecular weight excluding hydrogens is 248 g/mol. The zero-order chi connectivity index (χ0) is 14.3. The fourth-order valence-electron chi connectivity index (χ4n) is 1.45. The summed E-state index contributed by atoms with van der Waals surface area (Å²) in [7, 11) is 0. The molecule has 1 aromatic heterocycles. The predicted molar refractivity (Wildman–Crippen MR) is 70.1 cm³/mol. The van der Waals surface area contributed by atoms with Crippen molar-refractivity contribution in [2.24, 2.45) is 0 Å². The number of aliphatic carboxylic acids is 1. The monoisotopic (exact) mass is 264 g/mol. The molecule has 1 atom stereocenters. The Bertz CT molecular complexity index is 473. The first-order chi connectivity index (χ1) is 9.10. The standard InChI is InChI=1S/C13H16N2O4/c1-3-6-10(12(16)17)15-11-9(7-5-8-14-11)13(18)19-4-2/h3,5,7-8,10H,1,4,6H2,2H3,(H,14,15)(H,16,17). The van der Waals surface area contributed by atoms with Gasteiger partial charge in [0, 0.05) is 6.20 Å². The maximum Gasteiger partial charge on any atom is 0.341 e. The van der Waals surface area contributed by atoms with Crippen molar-refractivity contribution in [3.05, 3.63) is 36.5 Å². The molecule has 6 nitrogen and oxygen atoms in total. The van der Waals surface area contributed by atoms with Crippen LogP contribution in [-0.2, 0) is 9.53 Å². The maximum absolute atomic E-state index is 11.7. The maximum atomic E-state index is 11.7. The third kappa shape index (κ3) is 4.09. The van der Waals surface area contributed by atoms with E-state index in [1.54, 1.807) is 13.0 Å². The Balaban J connectivity index is 2.96. The number of hydrogen-bond donors (Lipinski definition) is 2. The van der Waals surface area contributed by atoms with Crippen LogP contribution in [0.4, 0.5) is 5.82 Å². The highest BCUT2D eigenvalue weighted by Gasteiger charge is 2.20. The molecule has 1 heterocycles. The third-order valence-corrected chi connectivity index (χ3v) is 2.31. The molecule has 0 saturated heterocycles. The summed E-state index contributed by atoms with van der Waals surface area (Å²) in [4.78, 5) is 26.7. The fraction of sp³-hybridized carbons (Fsp3) is 0.308. The van der Waals surface area contributed by atoms with E-state index in [4.69, 9.17) is 9.84 Å². The van der Waals surface area contributed by atoms with Crippen molar-refractivity contribution in [1.82, 2.24) is 4.98 Å². The van der Waals surface area contributed by atoms with E-state index in [2.05, 4.69) is 16.9 Å². The van der Waals surface area contributed by atoms with Gasteiger partial charge >= 0.3 is 11.9 Å². The van der Waals surface area contributed by atoms with E-state index in [-0.39, 0.29) is 24.4 Å². The van der Waals surface area contributed by atoms with Crippen LogP contribution < -0.4 is 5.32 Å². The molecule has 0 fully saturated rings. The molecular formula is C13H16N2O4. The van der Waals surface area contributed by atoms with Gasteiger partial charge in [0.05, 0.1) is 6.61 Å². The lowest BCUT2D eigenvalue weighted by Crippen LogP contribution is -2.30. The Labute approximate surface area is 111 Å². The lowest BCUT2D eigenvalue weighted by Gasteiger charge is -2.15. The number of anilines is 1. The van der Waals surface area contributed by atoms with Crippen LogP contribution in [0.3, 0.4) is 0 Å². The molecule has 0 radical (unpaired) electrons. The number of carbonyl (C=O) groups excluding carboxylic acids is 1. The molecule has 19 heavy (non-hydrogen) atoms. The molecule has 0 amide bonds. The lowest BCUT2D eigenvalue weighted by atomic mass is 10.2. The average molecular weight is 264 g/mol. The number of carboxylic acid groups (broad SMARTS) is 1. The van der Waals surface area contributed by atoms with Gasteiger partial charge in [-0.25, -0.2) is 14.6 Å². The van der Waals surface area contributed by atoms with Crippen molar-refractivity contribution in [2.75, 3.05) is 11.9 Å². The number of rotatable bonds is 7. The molecule has 0 saturated carbocycles. The third-order valence-electron chi connectivity index (χ3n) is 2.31. The highest BCUT2D eigenvalue weighted by molar-refractivity contribution is 5.95. The van der Waals surface area contributed by atoms with Crippen LogP contribution in [0, 0.1) is 0 Å². The van der Waals surface area contributed by atoms with Gasteiger partial charge in [0.25, 0.3) is 0 Å². The summed E-state index contributed by atoms with van der Waals surface area (Å²) in [6, 6.07) is 2.22. The summed E-state index contributed by atoms with van der Waals surface area (Å²) in [5.74, 6) is -1.39. The SMILES string of the molecule is C=CCC(Nc1ncccc1C(=O)OCC)C(=O)O.